The molecule has 0 fully saturated rings. The van der Waals surface area contributed by atoms with Crippen LogP contribution >= 0.6 is 0 Å². The number of aryl methyl sites for hydroxylation is 3. The fraction of sp³-hybridized carbons (Fsp3) is 0.167. The molecule has 0 saturated heterocycles. The van der Waals surface area contributed by atoms with E-state index in [2.05, 4.69) is 10.6 Å². The van der Waals surface area contributed by atoms with Crippen molar-refractivity contribution in [2.75, 3.05) is 5.32 Å². The summed E-state index contributed by atoms with van der Waals surface area (Å²) in [7, 11) is 0. The molecule has 28 heavy (non-hydrogen) atoms. The summed E-state index contributed by atoms with van der Waals surface area (Å²) in [6.45, 7) is 6.35. The second kappa shape index (κ2) is 8.53. The first kappa shape index (κ1) is 19.4. The number of hydrogen-bond donors (Lipinski definition) is 2. The summed E-state index contributed by atoms with van der Waals surface area (Å²) >= 11 is 0. The molecule has 0 aliphatic rings. The van der Waals surface area contributed by atoms with Gasteiger partial charge in [0.25, 0.3) is 11.8 Å². The van der Waals surface area contributed by atoms with E-state index >= 15 is 0 Å². The molecule has 0 aromatic heterocycles. The minimum absolute atomic E-state index is 0.219. The third-order valence-electron chi connectivity index (χ3n) is 4.80. The zero-order valence-corrected chi connectivity index (χ0v) is 16.4. The van der Waals surface area contributed by atoms with Crippen molar-refractivity contribution in [2.45, 2.75) is 27.3 Å². The van der Waals surface area contributed by atoms with Crippen molar-refractivity contribution in [1.29, 1.82) is 0 Å². The first-order chi connectivity index (χ1) is 13.5. The number of hydrogen-bond acceptors (Lipinski definition) is 2. The molecule has 0 aliphatic heterocycles. The van der Waals surface area contributed by atoms with Gasteiger partial charge < -0.3 is 10.6 Å². The highest BCUT2D eigenvalue weighted by Gasteiger charge is 2.16. The van der Waals surface area contributed by atoms with Gasteiger partial charge >= 0.3 is 0 Å². The fourth-order valence-electron chi connectivity index (χ4n) is 3.06. The van der Waals surface area contributed by atoms with Crippen LogP contribution in [0.3, 0.4) is 0 Å². The predicted molar refractivity (Wildman–Crippen MR) is 113 cm³/mol. The van der Waals surface area contributed by atoms with E-state index in [1.807, 2.05) is 63.2 Å². The maximum absolute atomic E-state index is 12.8. The Balaban J connectivity index is 1.77. The molecule has 0 unspecified atom stereocenters. The third kappa shape index (κ3) is 4.46. The van der Waals surface area contributed by atoms with Crippen molar-refractivity contribution in [1.82, 2.24) is 5.32 Å². The zero-order chi connectivity index (χ0) is 20.1. The van der Waals surface area contributed by atoms with Crippen LogP contribution in [-0.2, 0) is 6.54 Å². The Kier molecular flexibility index (Phi) is 5.90. The van der Waals surface area contributed by atoms with Crippen LogP contribution in [0.15, 0.2) is 66.7 Å². The molecule has 2 amide bonds. The highest BCUT2D eigenvalue weighted by atomic mass is 16.2. The fourth-order valence-corrected chi connectivity index (χ4v) is 3.06. The quantitative estimate of drug-likeness (QED) is 0.676. The second-order valence-electron chi connectivity index (χ2n) is 6.92. The summed E-state index contributed by atoms with van der Waals surface area (Å²) in [6.07, 6.45) is 0. The Labute approximate surface area is 165 Å². The number of carbonyl (C=O) groups is 2. The van der Waals surface area contributed by atoms with Crippen LogP contribution in [0.2, 0.25) is 0 Å². The van der Waals surface area contributed by atoms with Crippen LogP contribution in [0.4, 0.5) is 5.69 Å². The van der Waals surface area contributed by atoms with E-state index in [1.54, 1.807) is 24.3 Å². The van der Waals surface area contributed by atoms with Crippen molar-refractivity contribution in [3.8, 4) is 0 Å². The van der Waals surface area contributed by atoms with E-state index in [-0.39, 0.29) is 11.8 Å². The van der Waals surface area contributed by atoms with Gasteiger partial charge in [-0.05, 0) is 61.2 Å². The molecule has 3 aromatic rings. The highest BCUT2D eigenvalue weighted by Crippen LogP contribution is 2.20. The summed E-state index contributed by atoms with van der Waals surface area (Å²) in [5, 5.41) is 5.80. The molecule has 3 rings (SSSR count). The van der Waals surface area contributed by atoms with Crippen molar-refractivity contribution in [3.63, 3.8) is 0 Å². The minimum atomic E-state index is -0.225. The summed E-state index contributed by atoms with van der Waals surface area (Å²) in [5.74, 6) is -0.444. The normalized spacial score (nSPS) is 10.4. The molecule has 0 bridgehead atoms. The van der Waals surface area contributed by atoms with Gasteiger partial charge in [-0.2, -0.15) is 0 Å². The summed E-state index contributed by atoms with van der Waals surface area (Å²) in [4.78, 5) is 25.5. The summed E-state index contributed by atoms with van der Waals surface area (Å²) in [5.41, 5.74) is 5.68. The van der Waals surface area contributed by atoms with Crippen molar-refractivity contribution in [2.24, 2.45) is 0 Å². The number of anilines is 1. The van der Waals surface area contributed by atoms with E-state index in [9.17, 15) is 9.59 Å². The van der Waals surface area contributed by atoms with Crippen molar-refractivity contribution in [3.05, 3.63) is 100 Å². The van der Waals surface area contributed by atoms with Gasteiger partial charge in [0, 0.05) is 12.1 Å². The van der Waals surface area contributed by atoms with Gasteiger partial charge in [-0.1, -0.05) is 48.5 Å². The molecule has 0 spiro atoms. The Hall–Kier alpha value is -3.40. The Morgan fingerprint density at radius 1 is 0.714 bits per heavy atom. The van der Waals surface area contributed by atoms with E-state index in [0.29, 0.717) is 23.4 Å². The lowest BCUT2D eigenvalue weighted by Gasteiger charge is -2.13. The van der Waals surface area contributed by atoms with Gasteiger partial charge in [0.15, 0.2) is 0 Å². The van der Waals surface area contributed by atoms with E-state index in [0.717, 1.165) is 22.3 Å². The van der Waals surface area contributed by atoms with Crippen molar-refractivity contribution >= 4 is 17.5 Å². The van der Waals surface area contributed by atoms with Crippen LogP contribution in [0, 0.1) is 20.8 Å². The van der Waals surface area contributed by atoms with Gasteiger partial charge in [0.05, 0.1) is 11.3 Å². The number of rotatable bonds is 5. The SMILES string of the molecule is Cc1cc(C)c(C(=O)Nc2ccccc2C(=O)NCc2ccccc2)cc1C. The first-order valence-corrected chi connectivity index (χ1v) is 9.26. The molecule has 3 aromatic carbocycles. The molecule has 0 saturated carbocycles. The molecule has 0 atom stereocenters. The standard InChI is InChI=1S/C24H24N2O2/c1-16-13-18(3)21(14-17(16)2)24(28)26-22-12-8-7-11-20(22)23(27)25-15-19-9-5-4-6-10-19/h4-14H,15H2,1-3H3,(H,25,27)(H,26,28). The number of benzene rings is 3. The van der Waals surface area contributed by atoms with Gasteiger partial charge in [-0.15, -0.1) is 0 Å². The van der Waals surface area contributed by atoms with E-state index in [4.69, 9.17) is 0 Å². The number of amides is 2. The molecule has 2 N–H and O–H groups in total. The molecule has 0 radical (unpaired) electrons. The van der Waals surface area contributed by atoms with E-state index < -0.39 is 0 Å². The van der Waals surface area contributed by atoms with Crippen LogP contribution in [0.5, 0.6) is 0 Å². The van der Waals surface area contributed by atoms with Crippen LogP contribution in [0.25, 0.3) is 0 Å². The van der Waals surface area contributed by atoms with Gasteiger partial charge in [-0.3, -0.25) is 9.59 Å². The average molecular weight is 372 g/mol. The molecular weight excluding hydrogens is 348 g/mol. The monoisotopic (exact) mass is 372 g/mol. The molecule has 4 heteroatoms. The number of nitrogens with one attached hydrogen (secondary N) is 2. The Bertz CT molecular complexity index is 1010. The molecule has 142 valence electrons. The summed E-state index contributed by atoms with van der Waals surface area (Å²) < 4.78 is 0. The topological polar surface area (TPSA) is 58.2 Å². The second-order valence-corrected chi connectivity index (χ2v) is 6.92. The minimum Gasteiger partial charge on any atom is -0.348 e. The average Bonchev–Trinajstić information content (AvgIpc) is 2.70. The number of carbonyl (C=O) groups excluding carboxylic acids is 2. The largest absolute Gasteiger partial charge is 0.348 e. The van der Waals surface area contributed by atoms with Crippen LogP contribution in [0.1, 0.15) is 43.0 Å². The van der Waals surface area contributed by atoms with Gasteiger partial charge in [0.1, 0.15) is 0 Å². The predicted octanol–water partition coefficient (Wildman–Crippen LogP) is 4.79. The third-order valence-corrected chi connectivity index (χ3v) is 4.80. The van der Waals surface area contributed by atoms with Gasteiger partial charge in [0.2, 0.25) is 0 Å². The lowest BCUT2D eigenvalue weighted by atomic mass is 10.00. The molecule has 4 nitrogen and oxygen atoms in total. The lowest BCUT2D eigenvalue weighted by molar-refractivity contribution is 0.0952. The lowest BCUT2D eigenvalue weighted by Crippen LogP contribution is -2.25. The molecule has 0 aliphatic carbocycles. The maximum atomic E-state index is 12.8. The molecular formula is C24H24N2O2. The summed E-state index contributed by atoms with van der Waals surface area (Å²) in [6, 6.07) is 20.6. The van der Waals surface area contributed by atoms with Crippen LogP contribution in [-0.4, -0.2) is 11.8 Å². The molecule has 0 heterocycles. The number of para-hydroxylation sites is 1. The first-order valence-electron chi connectivity index (χ1n) is 9.26. The van der Waals surface area contributed by atoms with Gasteiger partial charge in [-0.25, -0.2) is 0 Å². The van der Waals surface area contributed by atoms with Crippen LogP contribution < -0.4 is 10.6 Å². The Morgan fingerprint density at radius 3 is 2.11 bits per heavy atom. The maximum Gasteiger partial charge on any atom is 0.255 e. The Morgan fingerprint density at radius 2 is 1.36 bits per heavy atom. The zero-order valence-electron chi connectivity index (χ0n) is 16.4. The van der Waals surface area contributed by atoms with E-state index in [1.165, 1.54) is 0 Å². The smallest absolute Gasteiger partial charge is 0.255 e. The van der Waals surface area contributed by atoms with Crippen molar-refractivity contribution < 1.29 is 9.59 Å². The highest BCUT2D eigenvalue weighted by molar-refractivity contribution is 6.09.